The van der Waals surface area contributed by atoms with Gasteiger partial charge in [-0.3, -0.25) is 0 Å². The van der Waals surface area contributed by atoms with Gasteiger partial charge in [-0.05, 0) is 49.4 Å². The number of hydrogen-bond acceptors (Lipinski definition) is 0. The van der Waals surface area contributed by atoms with Crippen LogP contribution in [0.3, 0.4) is 0 Å². The summed E-state index contributed by atoms with van der Waals surface area (Å²) in [5.74, 6) is 4.25. The van der Waals surface area contributed by atoms with E-state index in [0.717, 1.165) is 23.7 Å². The van der Waals surface area contributed by atoms with E-state index in [0.29, 0.717) is 0 Å². The molecule has 0 aromatic heterocycles. The zero-order valence-corrected chi connectivity index (χ0v) is 12.1. The molecule has 3 saturated carbocycles. The molecule has 0 heterocycles. The normalized spacial score (nSPS) is 36.7. The van der Waals surface area contributed by atoms with Crippen molar-refractivity contribution in [3.05, 3.63) is 6.42 Å². The fraction of sp³-hybridized carbons (Fsp3) is 0.944. The zero-order valence-electron chi connectivity index (χ0n) is 12.1. The molecule has 3 fully saturated rings. The third-order valence-corrected chi connectivity index (χ3v) is 6.18. The summed E-state index contributed by atoms with van der Waals surface area (Å²) in [6.07, 6.45) is 22.6. The third-order valence-electron chi connectivity index (χ3n) is 6.18. The van der Waals surface area contributed by atoms with Crippen LogP contribution in [0.15, 0.2) is 0 Å². The van der Waals surface area contributed by atoms with Crippen LogP contribution in [-0.4, -0.2) is 0 Å². The van der Waals surface area contributed by atoms with Gasteiger partial charge in [-0.25, -0.2) is 0 Å². The lowest BCUT2D eigenvalue weighted by molar-refractivity contribution is 0.161. The Morgan fingerprint density at radius 3 is 1.67 bits per heavy atom. The topological polar surface area (TPSA) is 0 Å². The highest BCUT2D eigenvalue weighted by molar-refractivity contribution is 4.92. The summed E-state index contributed by atoms with van der Waals surface area (Å²) in [5.41, 5.74) is 0. The van der Waals surface area contributed by atoms with E-state index in [-0.39, 0.29) is 0 Å². The quantitative estimate of drug-likeness (QED) is 0.581. The molecule has 3 aliphatic carbocycles. The summed E-state index contributed by atoms with van der Waals surface area (Å²) >= 11 is 0. The Bertz CT molecular complexity index is 198. The Balaban J connectivity index is 1.45. The van der Waals surface area contributed by atoms with Crippen LogP contribution in [0, 0.1) is 30.1 Å². The minimum Gasteiger partial charge on any atom is -0.0533 e. The van der Waals surface area contributed by atoms with Crippen LogP contribution < -0.4 is 0 Å². The molecule has 3 aliphatic rings. The average Bonchev–Trinajstić information content (AvgIpc) is 2.49. The van der Waals surface area contributed by atoms with Crippen molar-refractivity contribution >= 4 is 0 Å². The van der Waals surface area contributed by atoms with E-state index in [1.807, 2.05) is 0 Å². The van der Waals surface area contributed by atoms with Crippen molar-refractivity contribution in [2.75, 3.05) is 0 Å². The molecule has 0 nitrogen and oxygen atoms in total. The second kappa shape index (κ2) is 6.44. The van der Waals surface area contributed by atoms with Gasteiger partial charge in [0.2, 0.25) is 0 Å². The molecule has 103 valence electrons. The SMILES string of the molecule is [CH]1CC(C2CCCCC2)CCC1C1CCCCC1. The Labute approximate surface area is 114 Å². The maximum atomic E-state index is 2.76. The molecule has 18 heavy (non-hydrogen) atoms. The van der Waals surface area contributed by atoms with Gasteiger partial charge in [-0.15, -0.1) is 0 Å². The lowest BCUT2D eigenvalue weighted by Gasteiger charge is -2.39. The number of rotatable bonds is 2. The summed E-state index contributed by atoms with van der Waals surface area (Å²) in [4.78, 5) is 0. The summed E-state index contributed by atoms with van der Waals surface area (Å²) in [6.45, 7) is 0. The van der Waals surface area contributed by atoms with Crippen LogP contribution in [0.2, 0.25) is 0 Å². The molecule has 0 aromatic carbocycles. The van der Waals surface area contributed by atoms with E-state index in [2.05, 4.69) is 6.42 Å². The monoisotopic (exact) mass is 247 g/mol. The van der Waals surface area contributed by atoms with Gasteiger partial charge in [0.25, 0.3) is 0 Å². The van der Waals surface area contributed by atoms with Gasteiger partial charge >= 0.3 is 0 Å². The second-order valence-corrected chi connectivity index (χ2v) is 7.27. The molecule has 0 N–H and O–H groups in total. The van der Waals surface area contributed by atoms with Crippen LogP contribution >= 0.6 is 0 Å². The van der Waals surface area contributed by atoms with Crippen LogP contribution in [0.5, 0.6) is 0 Å². The van der Waals surface area contributed by atoms with Crippen LogP contribution in [0.4, 0.5) is 0 Å². The first-order valence-electron chi connectivity index (χ1n) is 8.77. The van der Waals surface area contributed by atoms with Gasteiger partial charge in [0.05, 0.1) is 0 Å². The van der Waals surface area contributed by atoms with Crippen molar-refractivity contribution in [2.45, 2.75) is 83.5 Å². The van der Waals surface area contributed by atoms with Crippen molar-refractivity contribution in [3.8, 4) is 0 Å². The summed E-state index contributed by atoms with van der Waals surface area (Å²) in [6, 6.07) is 0. The lowest BCUT2D eigenvalue weighted by atomic mass is 9.66. The number of hydrogen-bond donors (Lipinski definition) is 0. The highest BCUT2D eigenvalue weighted by Gasteiger charge is 2.32. The van der Waals surface area contributed by atoms with Crippen LogP contribution in [0.25, 0.3) is 0 Å². The molecule has 2 unspecified atom stereocenters. The third kappa shape index (κ3) is 3.11. The predicted molar refractivity (Wildman–Crippen MR) is 78.3 cm³/mol. The van der Waals surface area contributed by atoms with Gasteiger partial charge in [0.1, 0.15) is 0 Å². The lowest BCUT2D eigenvalue weighted by Crippen LogP contribution is -2.28. The fourth-order valence-electron chi connectivity index (χ4n) is 5.02. The molecular formula is C18H31. The summed E-state index contributed by atoms with van der Waals surface area (Å²) < 4.78 is 0. The van der Waals surface area contributed by atoms with Gasteiger partial charge < -0.3 is 0 Å². The second-order valence-electron chi connectivity index (χ2n) is 7.27. The summed E-state index contributed by atoms with van der Waals surface area (Å²) in [5, 5.41) is 0. The molecule has 0 heteroatoms. The highest BCUT2D eigenvalue weighted by atomic mass is 14.4. The minimum atomic E-state index is 1.00. The maximum Gasteiger partial charge on any atom is -0.0349 e. The van der Waals surface area contributed by atoms with Crippen molar-refractivity contribution in [2.24, 2.45) is 23.7 Å². The zero-order chi connectivity index (χ0) is 12.2. The van der Waals surface area contributed by atoms with Crippen molar-refractivity contribution < 1.29 is 0 Å². The van der Waals surface area contributed by atoms with E-state index in [4.69, 9.17) is 0 Å². The first-order valence-corrected chi connectivity index (χ1v) is 8.77. The van der Waals surface area contributed by atoms with Crippen LogP contribution in [-0.2, 0) is 0 Å². The molecule has 1 radical (unpaired) electrons. The first-order chi connectivity index (χ1) is 8.93. The molecule has 0 amide bonds. The standard InChI is InChI=1S/C18H31/c1-3-7-15(8-4-1)17-11-13-18(14-12-17)16-9-5-2-6-10-16/h11,15-18H,1-10,12-14H2. The molecule has 0 saturated heterocycles. The first kappa shape index (κ1) is 13.0. The van der Waals surface area contributed by atoms with Gasteiger partial charge in [0, 0.05) is 0 Å². The highest BCUT2D eigenvalue weighted by Crippen LogP contribution is 2.43. The van der Waals surface area contributed by atoms with E-state index in [1.54, 1.807) is 19.3 Å². The van der Waals surface area contributed by atoms with E-state index in [1.165, 1.54) is 64.2 Å². The molecule has 2 atom stereocenters. The Hall–Kier alpha value is 0. The molecule has 0 spiro atoms. The Morgan fingerprint density at radius 1 is 0.500 bits per heavy atom. The molecule has 0 aromatic rings. The van der Waals surface area contributed by atoms with E-state index >= 15 is 0 Å². The molecule has 3 rings (SSSR count). The maximum absolute atomic E-state index is 2.76. The predicted octanol–water partition coefficient (Wildman–Crippen LogP) is 5.77. The molecular weight excluding hydrogens is 216 g/mol. The van der Waals surface area contributed by atoms with Crippen molar-refractivity contribution in [3.63, 3.8) is 0 Å². The molecule has 0 aliphatic heterocycles. The average molecular weight is 247 g/mol. The summed E-state index contributed by atoms with van der Waals surface area (Å²) in [7, 11) is 0. The fourth-order valence-corrected chi connectivity index (χ4v) is 5.02. The van der Waals surface area contributed by atoms with E-state index < -0.39 is 0 Å². The Morgan fingerprint density at radius 2 is 1.11 bits per heavy atom. The van der Waals surface area contributed by atoms with Crippen molar-refractivity contribution in [1.29, 1.82) is 0 Å². The Kier molecular flexibility index (Phi) is 4.65. The largest absolute Gasteiger partial charge is 0.0533 e. The minimum absolute atomic E-state index is 1.00. The van der Waals surface area contributed by atoms with Gasteiger partial charge in [0.15, 0.2) is 0 Å². The van der Waals surface area contributed by atoms with Crippen molar-refractivity contribution in [1.82, 2.24) is 0 Å². The van der Waals surface area contributed by atoms with E-state index in [9.17, 15) is 0 Å². The van der Waals surface area contributed by atoms with Gasteiger partial charge in [-0.2, -0.15) is 0 Å². The smallest absolute Gasteiger partial charge is 0.0349 e. The van der Waals surface area contributed by atoms with Gasteiger partial charge in [-0.1, -0.05) is 64.2 Å². The van der Waals surface area contributed by atoms with Crippen LogP contribution in [0.1, 0.15) is 83.5 Å². The molecule has 0 bridgehead atoms.